The summed E-state index contributed by atoms with van der Waals surface area (Å²) in [6, 6.07) is -1.11. The zero-order valence-electron chi connectivity index (χ0n) is 33.8. The first-order valence-corrected chi connectivity index (χ1v) is 23.1. The largest absolute Gasteiger partial charge is 0.472 e. The van der Waals surface area contributed by atoms with E-state index in [1.807, 2.05) is 6.08 Å². The van der Waals surface area contributed by atoms with Crippen molar-refractivity contribution in [3.05, 3.63) is 12.2 Å². The van der Waals surface area contributed by atoms with Crippen LogP contribution < -0.4 is 5.32 Å². The number of hydrogen-bond acceptors (Lipinski definition) is 10. The highest BCUT2D eigenvalue weighted by Gasteiger charge is 2.51. The lowest BCUT2D eigenvalue weighted by atomic mass is 9.85. The molecule has 0 aromatic rings. The number of allylic oxidation sites excluding steroid dienone is 1. The maximum Gasteiger partial charge on any atom is 0.472 e. The van der Waals surface area contributed by atoms with Crippen LogP contribution in [0.5, 0.6) is 0 Å². The van der Waals surface area contributed by atoms with Crippen LogP contribution in [-0.2, 0) is 18.4 Å². The van der Waals surface area contributed by atoms with E-state index in [0.717, 1.165) is 44.9 Å². The SMILES string of the molecule is CCCCCCCCCCCCCCCC/C=C/[C@@H](O)[C@H](COP(=O)(O)OC1C(O)C(O)C(O)[C@@H](O)C1O)NC(=O)CCCCCCCCCCCCC. The van der Waals surface area contributed by atoms with Crippen molar-refractivity contribution >= 4 is 13.7 Å². The van der Waals surface area contributed by atoms with Crippen LogP contribution in [0.3, 0.4) is 0 Å². The Hall–Kier alpha value is -0.920. The Morgan fingerprint density at radius 1 is 0.611 bits per heavy atom. The van der Waals surface area contributed by atoms with Crippen LogP contribution in [-0.4, -0.2) is 96.8 Å². The molecule has 0 heterocycles. The topological polar surface area (TPSA) is 206 Å². The first-order valence-electron chi connectivity index (χ1n) is 21.6. The van der Waals surface area contributed by atoms with Gasteiger partial charge in [-0.15, -0.1) is 0 Å². The lowest BCUT2D eigenvalue weighted by Crippen LogP contribution is -2.64. The molecular weight excluding hydrogens is 713 g/mol. The lowest BCUT2D eigenvalue weighted by molar-refractivity contribution is -0.220. The molecule has 0 spiro atoms. The Balaban J connectivity index is 2.54. The highest BCUT2D eigenvalue weighted by atomic mass is 31.2. The van der Waals surface area contributed by atoms with Crippen molar-refractivity contribution in [2.75, 3.05) is 6.61 Å². The number of hydrogen-bond donors (Lipinski definition) is 8. The minimum atomic E-state index is -5.07. The van der Waals surface area contributed by atoms with E-state index >= 15 is 0 Å². The quantitative estimate of drug-likeness (QED) is 0.0182. The fourth-order valence-corrected chi connectivity index (χ4v) is 7.93. The molecule has 8 N–H and O–H groups in total. The van der Waals surface area contributed by atoms with Gasteiger partial charge in [0.15, 0.2) is 0 Å². The molecule has 1 rings (SSSR count). The molecule has 1 aliphatic carbocycles. The second-order valence-electron chi connectivity index (χ2n) is 15.6. The average Bonchev–Trinajstić information content (AvgIpc) is 3.15. The van der Waals surface area contributed by atoms with Gasteiger partial charge in [-0.2, -0.15) is 0 Å². The monoisotopic (exact) mass is 794 g/mol. The van der Waals surface area contributed by atoms with Gasteiger partial charge in [-0.3, -0.25) is 13.8 Å². The number of aliphatic hydroxyl groups is 6. The maximum absolute atomic E-state index is 12.9. The van der Waals surface area contributed by atoms with Crippen molar-refractivity contribution in [2.24, 2.45) is 0 Å². The summed E-state index contributed by atoms with van der Waals surface area (Å²) in [5.74, 6) is -0.342. The van der Waals surface area contributed by atoms with Gasteiger partial charge in [0.1, 0.15) is 36.6 Å². The van der Waals surface area contributed by atoms with Crippen molar-refractivity contribution in [1.82, 2.24) is 5.32 Å². The molecule has 1 amide bonds. The van der Waals surface area contributed by atoms with Crippen LogP contribution >= 0.6 is 7.82 Å². The van der Waals surface area contributed by atoms with E-state index in [1.54, 1.807) is 0 Å². The Labute approximate surface area is 327 Å². The molecule has 12 nitrogen and oxygen atoms in total. The maximum atomic E-state index is 12.9. The van der Waals surface area contributed by atoms with Gasteiger partial charge in [-0.25, -0.2) is 4.57 Å². The van der Waals surface area contributed by atoms with E-state index in [1.165, 1.54) is 122 Å². The van der Waals surface area contributed by atoms with E-state index in [4.69, 9.17) is 9.05 Å². The Bertz CT molecular complexity index is 973. The molecule has 13 heteroatoms. The number of phosphoric ester groups is 1. The number of nitrogens with one attached hydrogen (secondary N) is 1. The van der Waals surface area contributed by atoms with Crippen molar-refractivity contribution in [1.29, 1.82) is 0 Å². The van der Waals surface area contributed by atoms with Crippen LogP contribution in [0.4, 0.5) is 0 Å². The Morgan fingerprint density at radius 2 is 0.981 bits per heavy atom. The van der Waals surface area contributed by atoms with Gasteiger partial charge in [0.2, 0.25) is 5.91 Å². The van der Waals surface area contributed by atoms with Crippen molar-refractivity contribution in [3.8, 4) is 0 Å². The summed E-state index contributed by atoms with van der Waals surface area (Å²) < 4.78 is 22.8. The lowest BCUT2D eigenvalue weighted by Gasteiger charge is -2.41. The molecular formula is C41H80NO11P. The van der Waals surface area contributed by atoms with Crippen LogP contribution in [0.1, 0.15) is 187 Å². The first kappa shape index (κ1) is 51.1. The standard InChI is InChI=1S/C41H80NO11P/c1-3-5-7-9-11-13-15-16-17-18-19-21-22-24-26-28-30-34(43)33(42-35(44)31-29-27-25-23-20-14-12-10-8-6-4-2)32-52-54(50,51)53-41-39(48)37(46)36(45)38(47)40(41)49/h28,30,33-34,36-41,43,45-49H,3-27,29,31-32H2,1-2H3,(H,42,44)(H,50,51)/b30-28+/t33-,34+,36?,37+,38?,39?,40?,41?/m0/s1. The summed E-state index contributed by atoms with van der Waals surface area (Å²) in [5.41, 5.74) is 0. The van der Waals surface area contributed by atoms with E-state index in [-0.39, 0.29) is 12.3 Å². The average molecular weight is 794 g/mol. The van der Waals surface area contributed by atoms with E-state index in [2.05, 4.69) is 19.2 Å². The van der Waals surface area contributed by atoms with Gasteiger partial charge >= 0.3 is 7.82 Å². The molecule has 54 heavy (non-hydrogen) atoms. The summed E-state index contributed by atoms with van der Waals surface area (Å²) in [5, 5.41) is 63.8. The van der Waals surface area contributed by atoms with Crippen molar-refractivity contribution in [3.63, 3.8) is 0 Å². The highest BCUT2D eigenvalue weighted by molar-refractivity contribution is 7.47. The number of rotatable bonds is 35. The molecule has 0 radical (unpaired) electrons. The first-order chi connectivity index (χ1) is 25.9. The fraction of sp³-hybridized carbons (Fsp3) is 0.927. The smallest absolute Gasteiger partial charge is 0.387 e. The molecule has 1 aliphatic rings. The van der Waals surface area contributed by atoms with Gasteiger partial charge < -0.3 is 40.8 Å². The van der Waals surface area contributed by atoms with Gasteiger partial charge in [0.25, 0.3) is 0 Å². The van der Waals surface area contributed by atoms with Gasteiger partial charge in [-0.1, -0.05) is 174 Å². The third-order valence-corrected chi connectivity index (χ3v) is 11.6. The predicted molar refractivity (Wildman–Crippen MR) is 214 cm³/mol. The Morgan fingerprint density at radius 3 is 1.41 bits per heavy atom. The zero-order valence-corrected chi connectivity index (χ0v) is 34.7. The van der Waals surface area contributed by atoms with Crippen LogP contribution in [0.15, 0.2) is 12.2 Å². The minimum Gasteiger partial charge on any atom is -0.387 e. The molecule has 0 aliphatic heterocycles. The number of amides is 1. The van der Waals surface area contributed by atoms with Crippen LogP contribution in [0.25, 0.3) is 0 Å². The molecule has 9 atom stereocenters. The third kappa shape index (κ3) is 24.0. The van der Waals surface area contributed by atoms with E-state index in [0.29, 0.717) is 6.42 Å². The summed E-state index contributed by atoms with van der Waals surface area (Å²) >= 11 is 0. The third-order valence-electron chi connectivity index (χ3n) is 10.6. The predicted octanol–water partition coefficient (Wildman–Crippen LogP) is 7.28. The summed E-state index contributed by atoms with van der Waals surface area (Å²) in [4.78, 5) is 23.3. The van der Waals surface area contributed by atoms with Gasteiger partial charge in [0.05, 0.1) is 18.8 Å². The molecule has 0 aromatic heterocycles. The molecule has 6 unspecified atom stereocenters. The number of carbonyl (C=O) groups is 1. The molecule has 0 bridgehead atoms. The summed E-state index contributed by atoms with van der Waals surface area (Å²) in [6.07, 6.45) is 21.5. The van der Waals surface area contributed by atoms with E-state index < -0.39 is 63.2 Å². The molecule has 320 valence electrons. The van der Waals surface area contributed by atoms with Gasteiger partial charge in [-0.05, 0) is 19.3 Å². The molecule has 1 saturated carbocycles. The Kier molecular flexibility index (Phi) is 30.4. The van der Waals surface area contributed by atoms with Crippen molar-refractivity contribution < 1.29 is 53.9 Å². The summed E-state index contributed by atoms with van der Waals surface area (Å²) in [6.45, 7) is 3.81. The molecule has 1 fully saturated rings. The van der Waals surface area contributed by atoms with Gasteiger partial charge in [0, 0.05) is 6.42 Å². The van der Waals surface area contributed by atoms with Crippen LogP contribution in [0, 0.1) is 0 Å². The summed E-state index contributed by atoms with van der Waals surface area (Å²) in [7, 11) is -5.07. The normalized spacial score (nSPS) is 24.1. The second kappa shape index (κ2) is 32.1. The molecule has 0 saturated heterocycles. The van der Waals surface area contributed by atoms with E-state index in [9.17, 15) is 44.9 Å². The zero-order chi connectivity index (χ0) is 40.0. The second-order valence-corrected chi connectivity index (χ2v) is 17.0. The minimum absolute atomic E-state index is 0.217. The van der Waals surface area contributed by atoms with Crippen LogP contribution in [0.2, 0.25) is 0 Å². The molecule has 0 aromatic carbocycles. The number of aliphatic hydroxyl groups excluding tert-OH is 6. The number of carbonyl (C=O) groups excluding carboxylic acids is 1. The number of unbranched alkanes of at least 4 members (excludes halogenated alkanes) is 24. The number of phosphoric acid groups is 1. The van der Waals surface area contributed by atoms with Crippen molar-refractivity contribution in [2.45, 2.75) is 236 Å². The highest BCUT2D eigenvalue weighted by Crippen LogP contribution is 2.47. The fourth-order valence-electron chi connectivity index (χ4n) is 6.96.